The van der Waals surface area contributed by atoms with Gasteiger partial charge in [-0.25, -0.2) is 8.42 Å². The fourth-order valence-electron chi connectivity index (χ4n) is 3.68. The molecule has 0 aromatic heterocycles. The van der Waals surface area contributed by atoms with E-state index in [9.17, 15) is 13.2 Å². The van der Waals surface area contributed by atoms with Crippen LogP contribution in [0.25, 0.3) is 0 Å². The van der Waals surface area contributed by atoms with E-state index in [2.05, 4.69) is 17.0 Å². The number of aryl methyl sites for hydroxylation is 2. The summed E-state index contributed by atoms with van der Waals surface area (Å²) in [6.07, 6.45) is 3.43. The van der Waals surface area contributed by atoms with Crippen LogP contribution in [0.5, 0.6) is 5.75 Å². The molecule has 180 valence electrons. The van der Waals surface area contributed by atoms with Gasteiger partial charge in [-0.2, -0.15) is 4.72 Å². The number of sulfonamides is 1. The van der Waals surface area contributed by atoms with Crippen molar-refractivity contribution in [3.63, 3.8) is 0 Å². The molecule has 0 spiro atoms. The zero-order valence-corrected chi connectivity index (χ0v) is 20.7. The van der Waals surface area contributed by atoms with Crippen LogP contribution in [0, 0.1) is 6.92 Å². The molecule has 0 bridgehead atoms. The molecule has 1 amide bonds. The van der Waals surface area contributed by atoms with Crippen molar-refractivity contribution >= 4 is 21.6 Å². The predicted octanol–water partition coefficient (Wildman–Crippen LogP) is 4.87. The highest BCUT2D eigenvalue weighted by Gasteiger charge is 2.26. The summed E-state index contributed by atoms with van der Waals surface area (Å²) >= 11 is 0. The van der Waals surface area contributed by atoms with Gasteiger partial charge in [-0.1, -0.05) is 55.8 Å². The number of unbranched alkanes of at least 4 members (excludes halogenated alkanes) is 1. The average molecular weight is 481 g/mol. The van der Waals surface area contributed by atoms with E-state index in [0.717, 1.165) is 24.8 Å². The van der Waals surface area contributed by atoms with E-state index in [4.69, 9.17) is 4.74 Å². The summed E-state index contributed by atoms with van der Waals surface area (Å²) in [5.74, 6) is 0.180. The molecule has 34 heavy (non-hydrogen) atoms. The van der Waals surface area contributed by atoms with E-state index in [1.54, 1.807) is 13.0 Å². The van der Waals surface area contributed by atoms with Gasteiger partial charge in [0, 0.05) is 5.69 Å². The van der Waals surface area contributed by atoms with Gasteiger partial charge in [-0.3, -0.25) is 4.79 Å². The summed E-state index contributed by atoms with van der Waals surface area (Å²) in [5.41, 5.74) is 3.38. The molecule has 0 aliphatic rings. The molecule has 1 unspecified atom stereocenters. The molecule has 0 saturated heterocycles. The highest BCUT2D eigenvalue weighted by Crippen LogP contribution is 2.22. The number of nitrogens with one attached hydrogen (secondary N) is 2. The fraction of sp³-hybridized carbons (Fsp3) is 0.296. The maximum atomic E-state index is 13.2. The molecule has 1 atom stereocenters. The standard InChI is InChI=1S/C27H32N2O4S/c1-4-5-9-21-12-14-23(15-13-21)28-27(30)25(19-22-10-7-6-8-11-22)29-34(31,32)24-16-17-26(33-3)20(2)18-24/h6-8,10-18,25,29H,4-5,9,19H2,1-3H3,(H,28,30). The molecular weight excluding hydrogens is 448 g/mol. The normalized spacial score (nSPS) is 12.2. The van der Waals surface area contributed by atoms with Crippen molar-refractivity contribution in [2.75, 3.05) is 12.4 Å². The summed E-state index contributed by atoms with van der Waals surface area (Å²) in [5, 5.41) is 2.86. The van der Waals surface area contributed by atoms with E-state index in [0.29, 0.717) is 17.0 Å². The lowest BCUT2D eigenvalue weighted by Crippen LogP contribution is -2.45. The molecule has 0 aliphatic carbocycles. The van der Waals surface area contributed by atoms with Crippen molar-refractivity contribution < 1.29 is 17.9 Å². The number of benzene rings is 3. The first kappa shape index (κ1) is 25.5. The highest BCUT2D eigenvalue weighted by atomic mass is 32.2. The van der Waals surface area contributed by atoms with Crippen molar-refractivity contribution in [3.8, 4) is 5.75 Å². The SMILES string of the molecule is CCCCc1ccc(NC(=O)C(Cc2ccccc2)NS(=O)(=O)c2ccc(OC)c(C)c2)cc1. The Morgan fingerprint density at radius 2 is 1.68 bits per heavy atom. The number of carbonyl (C=O) groups excluding carboxylic acids is 1. The van der Waals surface area contributed by atoms with Gasteiger partial charge in [0.2, 0.25) is 15.9 Å². The zero-order chi connectivity index (χ0) is 24.6. The monoisotopic (exact) mass is 480 g/mol. The molecule has 3 aromatic carbocycles. The smallest absolute Gasteiger partial charge is 0.242 e. The summed E-state index contributed by atoms with van der Waals surface area (Å²) in [6.45, 7) is 3.92. The Hall–Kier alpha value is -3.16. The maximum absolute atomic E-state index is 13.2. The number of hydrogen-bond donors (Lipinski definition) is 2. The topological polar surface area (TPSA) is 84.5 Å². The highest BCUT2D eigenvalue weighted by molar-refractivity contribution is 7.89. The number of rotatable bonds is 11. The van der Waals surface area contributed by atoms with Gasteiger partial charge in [0.15, 0.2) is 0 Å². The van der Waals surface area contributed by atoms with E-state index in [1.165, 1.54) is 24.8 Å². The van der Waals surface area contributed by atoms with Crippen LogP contribution in [0.4, 0.5) is 5.69 Å². The van der Waals surface area contributed by atoms with Gasteiger partial charge in [0.25, 0.3) is 0 Å². The zero-order valence-electron chi connectivity index (χ0n) is 19.9. The second-order valence-electron chi connectivity index (χ2n) is 8.28. The van der Waals surface area contributed by atoms with E-state index >= 15 is 0 Å². The molecule has 0 fully saturated rings. The first-order chi connectivity index (χ1) is 16.3. The first-order valence-corrected chi connectivity index (χ1v) is 12.9. The molecule has 0 saturated carbocycles. The second kappa shape index (κ2) is 11.8. The van der Waals surface area contributed by atoms with Gasteiger partial charge < -0.3 is 10.1 Å². The number of methoxy groups -OCH3 is 1. The molecule has 3 rings (SSSR count). The molecule has 6 nitrogen and oxygen atoms in total. The Morgan fingerprint density at radius 3 is 2.29 bits per heavy atom. The molecule has 0 aliphatic heterocycles. The minimum absolute atomic E-state index is 0.0805. The Kier molecular flexibility index (Phi) is 8.85. The lowest BCUT2D eigenvalue weighted by Gasteiger charge is -2.19. The van der Waals surface area contributed by atoms with Gasteiger partial charge in [-0.15, -0.1) is 0 Å². The fourth-order valence-corrected chi connectivity index (χ4v) is 4.96. The molecular formula is C27H32N2O4S. The van der Waals surface area contributed by atoms with Crippen molar-refractivity contribution in [1.82, 2.24) is 4.72 Å². The van der Waals surface area contributed by atoms with Crippen LogP contribution in [0.15, 0.2) is 77.7 Å². The Bertz CT molecular complexity index is 1190. The van der Waals surface area contributed by atoms with E-state index in [1.807, 2.05) is 54.6 Å². The van der Waals surface area contributed by atoms with Crippen molar-refractivity contribution in [2.45, 2.75) is 50.5 Å². The summed E-state index contributed by atoms with van der Waals surface area (Å²) in [4.78, 5) is 13.3. The summed E-state index contributed by atoms with van der Waals surface area (Å²) in [7, 11) is -2.41. The quantitative estimate of drug-likeness (QED) is 0.410. The Morgan fingerprint density at radius 1 is 0.971 bits per heavy atom. The number of anilines is 1. The second-order valence-corrected chi connectivity index (χ2v) is 10.00. The number of ether oxygens (including phenoxy) is 1. The number of carbonyl (C=O) groups is 1. The average Bonchev–Trinajstić information content (AvgIpc) is 2.83. The minimum atomic E-state index is -3.95. The predicted molar refractivity (Wildman–Crippen MR) is 136 cm³/mol. The minimum Gasteiger partial charge on any atom is -0.496 e. The first-order valence-electron chi connectivity index (χ1n) is 11.4. The third-order valence-corrected chi connectivity index (χ3v) is 7.08. The van der Waals surface area contributed by atoms with Crippen molar-refractivity contribution in [1.29, 1.82) is 0 Å². The van der Waals surface area contributed by atoms with Gasteiger partial charge in [0.05, 0.1) is 12.0 Å². The summed E-state index contributed by atoms with van der Waals surface area (Å²) in [6, 6.07) is 20.6. The largest absolute Gasteiger partial charge is 0.496 e. The van der Waals surface area contributed by atoms with Crippen LogP contribution in [0.3, 0.4) is 0 Å². The molecule has 3 aromatic rings. The van der Waals surface area contributed by atoms with Gasteiger partial charge in [-0.05, 0) is 73.2 Å². The van der Waals surface area contributed by atoms with Gasteiger partial charge in [0.1, 0.15) is 11.8 Å². The van der Waals surface area contributed by atoms with Crippen LogP contribution < -0.4 is 14.8 Å². The van der Waals surface area contributed by atoms with Crippen LogP contribution in [-0.2, 0) is 27.7 Å². The molecule has 0 radical (unpaired) electrons. The van der Waals surface area contributed by atoms with E-state index < -0.39 is 22.0 Å². The Labute approximate surface area is 202 Å². The van der Waals surface area contributed by atoms with Crippen LogP contribution in [0.1, 0.15) is 36.5 Å². The Balaban J connectivity index is 1.81. The maximum Gasteiger partial charge on any atom is 0.242 e. The molecule has 0 heterocycles. The summed E-state index contributed by atoms with van der Waals surface area (Å²) < 4.78 is 34.1. The molecule has 2 N–H and O–H groups in total. The van der Waals surface area contributed by atoms with Crippen molar-refractivity contribution in [3.05, 3.63) is 89.5 Å². The van der Waals surface area contributed by atoms with Gasteiger partial charge >= 0.3 is 0 Å². The number of hydrogen-bond acceptors (Lipinski definition) is 4. The molecule has 7 heteroatoms. The van der Waals surface area contributed by atoms with Crippen LogP contribution >= 0.6 is 0 Å². The van der Waals surface area contributed by atoms with E-state index in [-0.39, 0.29) is 11.3 Å². The van der Waals surface area contributed by atoms with Crippen molar-refractivity contribution in [2.24, 2.45) is 0 Å². The third kappa shape index (κ3) is 6.92. The van der Waals surface area contributed by atoms with Crippen LogP contribution in [0.2, 0.25) is 0 Å². The third-order valence-electron chi connectivity index (χ3n) is 5.61. The lowest BCUT2D eigenvalue weighted by molar-refractivity contribution is -0.117. The lowest BCUT2D eigenvalue weighted by atomic mass is 10.1. The number of amides is 1. The van der Waals surface area contributed by atoms with Crippen LogP contribution in [-0.4, -0.2) is 27.5 Å².